The van der Waals surface area contributed by atoms with Gasteiger partial charge < -0.3 is 10.1 Å². The van der Waals surface area contributed by atoms with E-state index in [1.807, 2.05) is 12.4 Å². The highest BCUT2D eigenvalue weighted by Gasteiger charge is 2.22. The molecular formula is C18H22N2O. The molecule has 1 atom stereocenters. The number of aryl methyl sites for hydroxylation is 2. The smallest absolute Gasteiger partial charge is 0.127 e. The van der Waals surface area contributed by atoms with Crippen molar-refractivity contribution in [3.63, 3.8) is 0 Å². The molecule has 1 N–H and O–H groups in total. The van der Waals surface area contributed by atoms with Gasteiger partial charge in [0, 0.05) is 18.0 Å². The van der Waals surface area contributed by atoms with Gasteiger partial charge in [0.2, 0.25) is 0 Å². The Labute approximate surface area is 126 Å². The first-order valence-corrected chi connectivity index (χ1v) is 7.69. The summed E-state index contributed by atoms with van der Waals surface area (Å²) >= 11 is 0. The zero-order valence-electron chi connectivity index (χ0n) is 12.7. The van der Waals surface area contributed by atoms with Crippen molar-refractivity contribution >= 4 is 0 Å². The van der Waals surface area contributed by atoms with Crippen LogP contribution in [0.5, 0.6) is 5.75 Å². The quantitative estimate of drug-likeness (QED) is 0.933. The molecule has 0 spiro atoms. The number of hydrogen-bond acceptors (Lipinski definition) is 3. The van der Waals surface area contributed by atoms with Crippen LogP contribution in [-0.2, 0) is 6.42 Å². The molecule has 1 aromatic heterocycles. The molecular weight excluding hydrogens is 260 g/mol. The van der Waals surface area contributed by atoms with Crippen LogP contribution < -0.4 is 10.1 Å². The van der Waals surface area contributed by atoms with E-state index in [4.69, 9.17) is 4.74 Å². The summed E-state index contributed by atoms with van der Waals surface area (Å²) in [6.07, 6.45) is 6.01. The van der Waals surface area contributed by atoms with Crippen LogP contribution in [0.3, 0.4) is 0 Å². The van der Waals surface area contributed by atoms with E-state index in [1.54, 1.807) is 0 Å². The molecule has 21 heavy (non-hydrogen) atoms. The fourth-order valence-corrected chi connectivity index (χ4v) is 3.04. The summed E-state index contributed by atoms with van der Waals surface area (Å²) in [6, 6.07) is 8.76. The molecule has 2 heterocycles. The maximum absolute atomic E-state index is 5.99. The number of rotatable bonds is 4. The minimum Gasteiger partial charge on any atom is -0.493 e. The molecule has 3 heteroatoms. The lowest BCUT2D eigenvalue weighted by Gasteiger charge is -2.26. The van der Waals surface area contributed by atoms with Gasteiger partial charge in [-0.3, -0.25) is 4.98 Å². The molecule has 0 bridgehead atoms. The highest BCUT2D eigenvalue weighted by molar-refractivity contribution is 5.48. The number of pyridine rings is 1. The SMILES string of the molecule is CCNC(c1ccncc1C)c1cccc2c1OCCC2. The van der Waals surface area contributed by atoms with Crippen molar-refractivity contribution in [3.05, 3.63) is 58.9 Å². The lowest BCUT2D eigenvalue weighted by molar-refractivity contribution is 0.283. The van der Waals surface area contributed by atoms with E-state index in [9.17, 15) is 0 Å². The first kappa shape index (κ1) is 14.1. The van der Waals surface area contributed by atoms with Gasteiger partial charge in [0.05, 0.1) is 12.6 Å². The predicted molar refractivity (Wildman–Crippen MR) is 84.8 cm³/mol. The third-order valence-corrected chi connectivity index (χ3v) is 4.06. The van der Waals surface area contributed by atoms with E-state index in [0.29, 0.717) is 0 Å². The molecule has 3 nitrogen and oxygen atoms in total. The lowest BCUT2D eigenvalue weighted by atomic mass is 9.92. The van der Waals surface area contributed by atoms with Crippen LogP contribution >= 0.6 is 0 Å². The van der Waals surface area contributed by atoms with E-state index in [0.717, 1.165) is 31.7 Å². The Hall–Kier alpha value is -1.87. The van der Waals surface area contributed by atoms with Gasteiger partial charge >= 0.3 is 0 Å². The number of ether oxygens (including phenoxy) is 1. The number of para-hydroxylation sites is 1. The third kappa shape index (κ3) is 2.79. The van der Waals surface area contributed by atoms with Crippen molar-refractivity contribution in [1.29, 1.82) is 0 Å². The molecule has 110 valence electrons. The van der Waals surface area contributed by atoms with Gasteiger partial charge in [-0.25, -0.2) is 0 Å². The van der Waals surface area contributed by atoms with Crippen molar-refractivity contribution in [1.82, 2.24) is 10.3 Å². The zero-order valence-corrected chi connectivity index (χ0v) is 12.7. The molecule has 3 rings (SSSR count). The third-order valence-electron chi connectivity index (χ3n) is 4.06. The topological polar surface area (TPSA) is 34.2 Å². The number of hydrogen-bond donors (Lipinski definition) is 1. The van der Waals surface area contributed by atoms with Crippen molar-refractivity contribution in [2.45, 2.75) is 32.7 Å². The van der Waals surface area contributed by atoms with Crippen LogP contribution in [0.1, 0.15) is 41.6 Å². The highest BCUT2D eigenvalue weighted by atomic mass is 16.5. The van der Waals surface area contributed by atoms with Gasteiger partial charge in [0.25, 0.3) is 0 Å². The Morgan fingerprint density at radius 3 is 3.00 bits per heavy atom. The molecule has 1 aliphatic heterocycles. The Morgan fingerprint density at radius 2 is 2.19 bits per heavy atom. The van der Waals surface area contributed by atoms with Gasteiger partial charge in [-0.05, 0) is 49.1 Å². The maximum Gasteiger partial charge on any atom is 0.127 e. The summed E-state index contributed by atoms with van der Waals surface area (Å²) < 4.78 is 5.99. The van der Waals surface area contributed by atoms with Crippen LogP contribution in [0.4, 0.5) is 0 Å². The summed E-state index contributed by atoms with van der Waals surface area (Å²) in [5.41, 5.74) is 5.04. The van der Waals surface area contributed by atoms with E-state index in [-0.39, 0.29) is 6.04 Å². The molecule has 2 aromatic rings. The van der Waals surface area contributed by atoms with Crippen LogP contribution in [0.25, 0.3) is 0 Å². The fourth-order valence-electron chi connectivity index (χ4n) is 3.04. The molecule has 0 aliphatic carbocycles. The maximum atomic E-state index is 5.99. The lowest BCUT2D eigenvalue weighted by Crippen LogP contribution is -2.24. The van der Waals surface area contributed by atoms with Crippen LogP contribution in [0, 0.1) is 6.92 Å². The summed E-state index contributed by atoms with van der Waals surface area (Å²) in [4.78, 5) is 4.21. The number of nitrogens with zero attached hydrogens (tertiary/aromatic N) is 1. The Balaban J connectivity index is 2.08. The summed E-state index contributed by atoms with van der Waals surface area (Å²) in [7, 11) is 0. The van der Waals surface area contributed by atoms with Gasteiger partial charge in [-0.1, -0.05) is 25.1 Å². The minimum absolute atomic E-state index is 0.158. The van der Waals surface area contributed by atoms with E-state index in [2.05, 4.69) is 48.4 Å². The van der Waals surface area contributed by atoms with E-state index in [1.165, 1.54) is 22.3 Å². The Morgan fingerprint density at radius 1 is 1.29 bits per heavy atom. The van der Waals surface area contributed by atoms with Crippen LogP contribution in [0.2, 0.25) is 0 Å². The number of fused-ring (bicyclic) bond motifs is 1. The van der Waals surface area contributed by atoms with Crippen LogP contribution in [-0.4, -0.2) is 18.1 Å². The van der Waals surface area contributed by atoms with Gasteiger partial charge in [0.1, 0.15) is 5.75 Å². The molecule has 0 fully saturated rings. The zero-order chi connectivity index (χ0) is 14.7. The van der Waals surface area contributed by atoms with Gasteiger partial charge in [0.15, 0.2) is 0 Å². The second-order valence-electron chi connectivity index (χ2n) is 5.51. The second-order valence-corrected chi connectivity index (χ2v) is 5.51. The first-order valence-electron chi connectivity index (χ1n) is 7.69. The van der Waals surface area contributed by atoms with Crippen molar-refractivity contribution in [2.24, 2.45) is 0 Å². The molecule has 1 aliphatic rings. The van der Waals surface area contributed by atoms with E-state index < -0.39 is 0 Å². The fraction of sp³-hybridized carbons (Fsp3) is 0.389. The number of benzene rings is 1. The minimum atomic E-state index is 0.158. The average Bonchev–Trinajstić information content (AvgIpc) is 2.53. The summed E-state index contributed by atoms with van der Waals surface area (Å²) in [5.74, 6) is 1.07. The molecule has 1 aromatic carbocycles. The monoisotopic (exact) mass is 282 g/mol. The number of nitrogens with one attached hydrogen (secondary N) is 1. The predicted octanol–water partition coefficient (Wildman–Crippen LogP) is 3.41. The second kappa shape index (κ2) is 6.27. The number of aromatic nitrogens is 1. The first-order chi connectivity index (χ1) is 10.3. The van der Waals surface area contributed by atoms with Crippen molar-refractivity contribution in [2.75, 3.05) is 13.2 Å². The van der Waals surface area contributed by atoms with Crippen LogP contribution in [0.15, 0.2) is 36.7 Å². The van der Waals surface area contributed by atoms with Gasteiger partial charge in [-0.15, -0.1) is 0 Å². The highest BCUT2D eigenvalue weighted by Crippen LogP contribution is 2.36. The van der Waals surface area contributed by atoms with Crippen molar-refractivity contribution in [3.8, 4) is 5.75 Å². The average molecular weight is 282 g/mol. The largest absolute Gasteiger partial charge is 0.493 e. The normalized spacial score (nSPS) is 15.1. The summed E-state index contributed by atoms with van der Waals surface area (Å²) in [5, 5.41) is 3.60. The van der Waals surface area contributed by atoms with E-state index >= 15 is 0 Å². The molecule has 0 saturated carbocycles. The Bertz CT molecular complexity index is 624. The Kier molecular flexibility index (Phi) is 4.20. The molecule has 1 unspecified atom stereocenters. The molecule has 0 radical (unpaired) electrons. The summed E-state index contributed by atoms with van der Waals surface area (Å²) in [6.45, 7) is 5.98. The standard InChI is InChI=1S/C18H22N2O/c1-3-20-17(15-9-10-19-12-13(15)2)16-8-4-6-14-7-5-11-21-18(14)16/h4,6,8-10,12,17,20H,3,5,7,11H2,1-2H3. The van der Waals surface area contributed by atoms with Gasteiger partial charge in [-0.2, -0.15) is 0 Å². The molecule has 0 saturated heterocycles. The molecule has 0 amide bonds. The van der Waals surface area contributed by atoms with Crippen molar-refractivity contribution < 1.29 is 4.74 Å².